The molecule has 0 aliphatic rings. The second-order valence-corrected chi connectivity index (χ2v) is 6.04. The van der Waals surface area contributed by atoms with Crippen LogP contribution >= 0.6 is 0 Å². The molecule has 1 aromatic rings. The van der Waals surface area contributed by atoms with E-state index in [2.05, 4.69) is 17.2 Å². The molecule has 8 heteroatoms. The van der Waals surface area contributed by atoms with Crippen LogP contribution in [-0.2, 0) is 10.9 Å². The van der Waals surface area contributed by atoms with Crippen molar-refractivity contribution in [2.45, 2.75) is 39.0 Å². The minimum Gasteiger partial charge on any atom is -0.478 e. The largest absolute Gasteiger partial charge is 0.478 e. The van der Waals surface area contributed by atoms with Crippen molar-refractivity contribution >= 4 is 12.1 Å². The van der Waals surface area contributed by atoms with Crippen LogP contribution in [0.4, 0.5) is 18.0 Å². The summed E-state index contributed by atoms with van der Waals surface area (Å²) in [6, 6.07) is 2.33. The summed E-state index contributed by atoms with van der Waals surface area (Å²) in [5, 5.41) is 11.5. The van der Waals surface area contributed by atoms with Gasteiger partial charge in [-0.1, -0.05) is 11.8 Å². The fourth-order valence-corrected chi connectivity index (χ4v) is 1.71. The van der Waals surface area contributed by atoms with Crippen molar-refractivity contribution < 1.29 is 32.6 Å². The Labute approximate surface area is 143 Å². The number of amides is 1. The smallest absolute Gasteiger partial charge is 0.416 e. The number of aromatic carboxylic acids is 1. The van der Waals surface area contributed by atoms with Gasteiger partial charge in [-0.25, -0.2) is 9.59 Å². The van der Waals surface area contributed by atoms with Crippen molar-refractivity contribution in [3.63, 3.8) is 0 Å². The van der Waals surface area contributed by atoms with E-state index in [1.807, 2.05) is 0 Å². The van der Waals surface area contributed by atoms with E-state index in [0.717, 1.165) is 12.1 Å². The molecule has 136 valence electrons. The number of ether oxygens (including phenoxy) is 1. The minimum atomic E-state index is -4.63. The number of carboxylic acids is 1. The molecule has 1 aromatic carbocycles. The van der Waals surface area contributed by atoms with Crippen LogP contribution in [0.5, 0.6) is 0 Å². The Bertz CT molecular complexity index is 709. The summed E-state index contributed by atoms with van der Waals surface area (Å²) in [5.74, 6) is 3.62. The summed E-state index contributed by atoms with van der Waals surface area (Å²) >= 11 is 0. The zero-order valence-electron chi connectivity index (χ0n) is 14.0. The number of alkyl halides is 3. The maximum Gasteiger partial charge on any atom is 0.416 e. The van der Waals surface area contributed by atoms with E-state index >= 15 is 0 Å². The Morgan fingerprint density at radius 1 is 1.24 bits per heavy atom. The molecule has 0 spiro atoms. The first-order valence-corrected chi connectivity index (χ1v) is 7.30. The average molecular weight is 357 g/mol. The molecule has 0 fully saturated rings. The van der Waals surface area contributed by atoms with Crippen LogP contribution in [0.3, 0.4) is 0 Å². The van der Waals surface area contributed by atoms with E-state index in [1.54, 1.807) is 20.8 Å². The fourth-order valence-electron chi connectivity index (χ4n) is 1.71. The Morgan fingerprint density at radius 2 is 1.88 bits per heavy atom. The van der Waals surface area contributed by atoms with Crippen LogP contribution in [0.1, 0.15) is 48.7 Å². The highest BCUT2D eigenvalue weighted by Gasteiger charge is 2.31. The SMILES string of the molecule is CC(C)(C)OC(=O)NCCC#Cc1ccc(C(F)(F)F)cc1C(=O)O. The first-order chi connectivity index (χ1) is 11.4. The molecule has 0 saturated heterocycles. The topological polar surface area (TPSA) is 75.6 Å². The molecule has 2 N–H and O–H groups in total. The molecule has 0 saturated carbocycles. The maximum absolute atomic E-state index is 12.6. The summed E-state index contributed by atoms with van der Waals surface area (Å²) in [5.41, 5.74) is -2.24. The van der Waals surface area contributed by atoms with Gasteiger partial charge in [0.2, 0.25) is 0 Å². The molecule has 0 atom stereocenters. The van der Waals surface area contributed by atoms with Gasteiger partial charge in [-0.3, -0.25) is 0 Å². The summed E-state index contributed by atoms with van der Waals surface area (Å²) in [4.78, 5) is 22.5. The van der Waals surface area contributed by atoms with Crippen molar-refractivity contribution in [2.75, 3.05) is 6.54 Å². The summed E-state index contributed by atoms with van der Waals surface area (Å²) in [6.07, 6.45) is -5.07. The van der Waals surface area contributed by atoms with Gasteiger partial charge in [0.25, 0.3) is 0 Å². The van der Waals surface area contributed by atoms with Crippen LogP contribution in [-0.4, -0.2) is 29.3 Å². The lowest BCUT2D eigenvalue weighted by molar-refractivity contribution is -0.137. The molecule has 0 aliphatic heterocycles. The van der Waals surface area contributed by atoms with E-state index in [9.17, 15) is 22.8 Å². The molecule has 0 radical (unpaired) electrons. The van der Waals surface area contributed by atoms with E-state index < -0.39 is 35.0 Å². The normalized spacial score (nSPS) is 11.3. The van der Waals surface area contributed by atoms with Gasteiger partial charge in [0.15, 0.2) is 0 Å². The molecule has 5 nitrogen and oxygen atoms in total. The van der Waals surface area contributed by atoms with Gasteiger partial charge in [0.05, 0.1) is 11.1 Å². The lowest BCUT2D eigenvalue weighted by atomic mass is 10.0. The lowest BCUT2D eigenvalue weighted by Gasteiger charge is -2.19. The fraction of sp³-hybridized carbons (Fsp3) is 0.412. The molecule has 1 amide bonds. The van der Waals surface area contributed by atoms with Gasteiger partial charge in [-0.05, 0) is 39.0 Å². The lowest BCUT2D eigenvalue weighted by Crippen LogP contribution is -2.32. The van der Waals surface area contributed by atoms with Crippen molar-refractivity contribution in [3.8, 4) is 11.8 Å². The van der Waals surface area contributed by atoms with E-state index in [0.29, 0.717) is 6.07 Å². The number of nitrogens with one attached hydrogen (secondary N) is 1. The molecule has 0 aliphatic carbocycles. The molecule has 1 rings (SSSR count). The average Bonchev–Trinajstić information content (AvgIpc) is 2.43. The second kappa shape index (κ2) is 7.92. The first-order valence-electron chi connectivity index (χ1n) is 7.30. The molecule has 0 bridgehead atoms. The van der Waals surface area contributed by atoms with Gasteiger partial charge >= 0.3 is 18.2 Å². The Morgan fingerprint density at radius 3 is 2.40 bits per heavy atom. The third-order valence-electron chi connectivity index (χ3n) is 2.72. The van der Waals surface area contributed by atoms with Crippen LogP contribution < -0.4 is 5.32 Å². The molecular weight excluding hydrogens is 339 g/mol. The number of carbonyl (C=O) groups is 2. The quantitative estimate of drug-likeness (QED) is 0.639. The van der Waals surface area contributed by atoms with Gasteiger partial charge in [0, 0.05) is 18.5 Å². The number of benzene rings is 1. The number of carbonyl (C=O) groups excluding carboxylic acids is 1. The van der Waals surface area contributed by atoms with Crippen molar-refractivity contribution in [2.24, 2.45) is 0 Å². The summed E-state index contributed by atoms with van der Waals surface area (Å²) in [7, 11) is 0. The Kier molecular flexibility index (Phi) is 6.45. The van der Waals surface area contributed by atoms with Gasteiger partial charge in [0.1, 0.15) is 5.60 Å². The molecule has 0 heterocycles. The standard InChI is InChI=1S/C17H18F3NO4/c1-16(2,3)25-15(24)21-9-5-4-6-11-7-8-12(17(18,19)20)10-13(11)14(22)23/h7-8,10H,5,9H2,1-3H3,(H,21,24)(H,22,23). The highest BCUT2D eigenvalue weighted by molar-refractivity contribution is 5.91. The molecule has 0 aromatic heterocycles. The van der Waals surface area contributed by atoms with E-state index in [4.69, 9.17) is 9.84 Å². The number of alkyl carbamates (subject to hydrolysis) is 1. The second-order valence-electron chi connectivity index (χ2n) is 6.04. The molecular formula is C17H18F3NO4. The first kappa shape index (κ1) is 20.4. The Hall–Kier alpha value is -2.69. The highest BCUT2D eigenvalue weighted by atomic mass is 19.4. The number of hydrogen-bond acceptors (Lipinski definition) is 3. The van der Waals surface area contributed by atoms with E-state index in [1.165, 1.54) is 0 Å². The predicted octanol–water partition coefficient (Wildman–Crippen LogP) is 3.67. The summed E-state index contributed by atoms with van der Waals surface area (Å²) in [6.45, 7) is 5.30. The van der Waals surface area contributed by atoms with Gasteiger partial charge in [-0.2, -0.15) is 13.2 Å². The van der Waals surface area contributed by atoms with Crippen LogP contribution in [0, 0.1) is 11.8 Å². The van der Waals surface area contributed by atoms with Crippen molar-refractivity contribution in [3.05, 3.63) is 34.9 Å². The number of carboxylic acid groups (broad SMARTS) is 1. The van der Waals surface area contributed by atoms with Crippen LogP contribution in [0.25, 0.3) is 0 Å². The third-order valence-corrected chi connectivity index (χ3v) is 2.72. The Balaban J connectivity index is 2.73. The van der Waals surface area contributed by atoms with Gasteiger partial charge < -0.3 is 15.2 Å². The van der Waals surface area contributed by atoms with Gasteiger partial charge in [-0.15, -0.1) is 0 Å². The highest BCUT2D eigenvalue weighted by Crippen LogP contribution is 2.30. The number of halogens is 3. The molecule has 0 unspecified atom stereocenters. The van der Waals surface area contributed by atoms with Crippen molar-refractivity contribution in [1.29, 1.82) is 0 Å². The minimum absolute atomic E-state index is 0.0298. The monoisotopic (exact) mass is 357 g/mol. The van der Waals surface area contributed by atoms with Crippen LogP contribution in [0.2, 0.25) is 0 Å². The van der Waals surface area contributed by atoms with E-state index in [-0.39, 0.29) is 18.5 Å². The maximum atomic E-state index is 12.6. The van der Waals surface area contributed by atoms with Crippen molar-refractivity contribution in [1.82, 2.24) is 5.32 Å². The third kappa shape index (κ3) is 7.16. The number of hydrogen-bond donors (Lipinski definition) is 2. The predicted molar refractivity (Wildman–Crippen MR) is 84.1 cm³/mol. The van der Waals surface area contributed by atoms with Crippen LogP contribution in [0.15, 0.2) is 18.2 Å². The zero-order chi connectivity index (χ0) is 19.3. The summed E-state index contributed by atoms with van der Waals surface area (Å²) < 4.78 is 42.9. The zero-order valence-corrected chi connectivity index (χ0v) is 14.0. The molecule has 25 heavy (non-hydrogen) atoms. The number of rotatable bonds is 3.